The van der Waals surface area contributed by atoms with Gasteiger partial charge in [0.15, 0.2) is 5.16 Å². The van der Waals surface area contributed by atoms with Crippen molar-refractivity contribution in [2.75, 3.05) is 11.1 Å². The highest BCUT2D eigenvalue weighted by molar-refractivity contribution is 7.99. The van der Waals surface area contributed by atoms with Gasteiger partial charge in [0.25, 0.3) is 0 Å². The minimum atomic E-state index is -0.0721. The SMILES string of the molecule is C=CCn1c(CC23CC4CC(CC(C4)C2)C3)nnc1SCC(=O)Nc1nnc(C2CCCCC2)s1. The van der Waals surface area contributed by atoms with Crippen molar-refractivity contribution in [3.8, 4) is 0 Å². The van der Waals surface area contributed by atoms with Crippen LogP contribution in [0, 0.1) is 23.2 Å². The zero-order valence-corrected chi connectivity index (χ0v) is 22.1. The fourth-order valence-corrected chi connectivity index (χ4v) is 9.49. The number of allylic oxidation sites excluding steroid dienone is 1. The highest BCUT2D eigenvalue weighted by Gasteiger charge is 2.51. The average Bonchev–Trinajstić information content (AvgIpc) is 3.45. The Morgan fingerprint density at radius 2 is 1.77 bits per heavy atom. The molecule has 7 rings (SSSR count). The van der Waals surface area contributed by atoms with E-state index in [0.29, 0.717) is 23.0 Å². The highest BCUT2D eigenvalue weighted by Crippen LogP contribution is 2.61. The molecule has 5 saturated carbocycles. The van der Waals surface area contributed by atoms with Crippen molar-refractivity contribution in [2.24, 2.45) is 23.2 Å². The number of aromatic nitrogens is 5. The van der Waals surface area contributed by atoms with Crippen LogP contribution in [0.25, 0.3) is 0 Å². The van der Waals surface area contributed by atoms with Crippen molar-refractivity contribution in [3.63, 3.8) is 0 Å². The molecule has 2 aromatic heterocycles. The van der Waals surface area contributed by atoms with Gasteiger partial charge < -0.3 is 4.57 Å². The van der Waals surface area contributed by atoms with Gasteiger partial charge >= 0.3 is 0 Å². The van der Waals surface area contributed by atoms with Gasteiger partial charge in [-0.05, 0) is 74.5 Å². The van der Waals surface area contributed by atoms with Gasteiger partial charge in [-0.15, -0.1) is 27.0 Å². The fourth-order valence-electron chi connectivity index (χ4n) is 7.80. The standard InChI is InChI=1S/C26H36N6OS2/c1-2-8-32-21(15-26-12-17-9-18(13-26)11-19(10-17)14-26)28-31-25(32)34-16-22(33)27-24-30-29-23(35-24)20-6-4-3-5-7-20/h2,17-20H,1,3-16H2,(H,27,30,33). The molecule has 1 amide bonds. The highest BCUT2D eigenvalue weighted by atomic mass is 32.2. The molecule has 7 nitrogen and oxygen atoms in total. The van der Waals surface area contributed by atoms with Crippen LogP contribution in [0.4, 0.5) is 5.13 Å². The second-order valence-corrected chi connectivity index (χ2v) is 13.5. The summed E-state index contributed by atoms with van der Waals surface area (Å²) >= 11 is 2.97. The second-order valence-electron chi connectivity index (χ2n) is 11.5. The number of rotatable bonds is 9. The van der Waals surface area contributed by atoms with Crippen LogP contribution in [-0.2, 0) is 17.8 Å². The first-order valence-electron chi connectivity index (χ1n) is 13.4. The van der Waals surface area contributed by atoms with Crippen LogP contribution >= 0.6 is 23.1 Å². The molecule has 4 bridgehead atoms. The van der Waals surface area contributed by atoms with Crippen molar-refractivity contribution in [2.45, 2.75) is 94.7 Å². The van der Waals surface area contributed by atoms with Gasteiger partial charge in [0.05, 0.1) is 5.75 Å². The number of anilines is 1. The van der Waals surface area contributed by atoms with E-state index < -0.39 is 0 Å². The first kappa shape index (κ1) is 23.6. The number of hydrogen-bond acceptors (Lipinski definition) is 7. The molecule has 188 valence electrons. The average molecular weight is 513 g/mol. The van der Waals surface area contributed by atoms with Gasteiger partial charge in [-0.3, -0.25) is 10.1 Å². The molecule has 0 aliphatic heterocycles. The summed E-state index contributed by atoms with van der Waals surface area (Å²) in [5.41, 5.74) is 0.411. The molecule has 0 unspecified atom stereocenters. The number of carbonyl (C=O) groups is 1. The van der Waals surface area contributed by atoms with Gasteiger partial charge in [-0.1, -0.05) is 48.4 Å². The lowest BCUT2D eigenvalue weighted by Crippen LogP contribution is -2.47. The van der Waals surface area contributed by atoms with Crippen LogP contribution in [0.5, 0.6) is 0 Å². The monoisotopic (exact) mass is 512 g/mol. The smallest absolute Gasteiger partial charge is 0.236 e. The largest absolute Gasteiger partial charge is 0.302 e. The molecule has 35 heavy (non-hydrogen) atoms. The normalized spacial score (nSPS) is 30.0. The number of nitrogens with one attached hydrogen (secondary N) is 1. The molecule has 0 atom stereocenters. The van der Waals surface area contributed by atoms with Gasteiger partial charge in [-0.25, -0.2) is 0 Å². The topological polar surface area (TPSA) is 85.6 Å². The first-order chi connectivity index (χ1) is 17.1. The third-order valence-corrected chi connectivity index (χ3v) is 10.7. The zero-order chi connectivity index (χ0) is 23.8. The lowest BCUT2D eigenvalue weighted by atomic mass is 9.49. The summed E-state index contributed by atoms with van der Waals surface area (Å²) < 4.78 is 2.18. The Labute approximate surface area is 216 Å². The Hall–Kier alpha value is -1.74. The van der Waals surface area contributed by atoms with E-state index in [-0.39, 0.29) is 11.7 Å². The second kappa shape index (κ2) is 9.96. The molecular formula is C26H36N6OS2. The number of thioether (sulfide) groups is 1. The summed E-state index contributed by atoms with van der Waals surface area (Å²) in [7, 11) is 0. The minimum absolute atomic E-state index is 0.0721. The zero-order valence-electron chi connectivity index (χ0n) is 20.5. The lowest BCUT2D eigenvalue weighted by Gasteiger charge is -2.56. The first-order valence-corrected chi connectivity index (χ1v) is 15.2. The molecule has 2 heterocycles. The van der Waals surface area contributed by atoms with E-state index in [1.807, 2.05) is 6.08 Å². The van der Waals surface area contributed by atoms with E-state index in [9.17, 15) is 4.79 Å². The molecule has 0 radical (unpaired) electrons. The molecule has 0 aromatic carbocycles. The van der Waals surface area contributed by atoms with E-state index in [2.05, 4.69) is 36.9 Å². The van der Waals surface area contributed by atoms with Crippen LogP contribution < -0.4 is 5.32 Å². The van der Waals surface area contributed by atoms with Gasteiger partial charge in [0.1, 0.15) is 10.8 Å². The fraction of sp³-hybridized carbons (Fsp3) is 0.731. The van der Waals surface area contributed by atoms with Crippen LogP contribution in [0.2, 0.25) is 0 Å². The van der Waals surface area contributed by atoms with Crippen LogP contribution in [-0.4, -0.2) is 36.6 Å². The molecular weight excluding hydrogens is 476 g/mol. The van der Waals surface area contributed by atoms with Crippen molar-refractivity contribution >= 4 is 34.1 Å². The Balaban J connectivity index is 1.08. The molecule has 0 spiro atoms. The van der Waals surface area contributed by atoms with Crippen molar-refractivity contribution in [1.29, 1.82) is 0 Å². The summed E-state index contributed by atoms with van der Waals surface area (Å²) in [5.74, 6) is 4.56. The van der Waals surface area contributed by atoms with Crippen LogP contribution in [0.3, 0.4) is 0 Å². The Bertz CT molecular complexity index is 1040. The number of amides is 1. The molecule has 1 N–H and O–H groups in total. The maximum absolute atomic E-state index is 12.7. The molecule has 5 aliphatic rings. The van der Waals surface area contributed by atoms with E-state index in [1.165, 1.54) is 93.7 Å². The number of carbonyl (C=O) groups excluding carboxylic acids is 1. The lowest BCUT2D eigenvalue weighted by molar-refractivity contribution is -0.113. The molecule has 9 heteroatoms. The van der Waals surface area contributed by atoms with Crippen molar-refractivity contribution in [3.05, 3.63) is 23.5 Å². The predicted octanol–water partition coefficient (Wildman–Crippen LogP) is 5.85. The van der Waals surface area contributed by atoms with E-state index in [1.54, 1.807) is 0 Å². The Morgan fingerprint density at radius 3 is 2.46 bits per heavy atom. The summed E-state index contributed by atoms with van der Waals surface area (Å²) in [6, 6.07) is 0. The Kier molecular flexibility index (Phi) is 6.73. The van der Waals surface area contributed by atoms with Gasteiger partial charge in [-0.2, -0.15) is 0 Å². The summed E-state index contributed by atoms with van der Waals surface area (Å²) in [6.07, 6.45) is 17.5. The van der Waals surface area contributed by atoms with E-state index >= 15 is 0 Å². The van der Waals surface area contributed by atoms with Gasteiger partial charge in [0, 0.05) is 18.9 Å². The van der Waals surface area contributed by atoms with Crippen LogP contribution in [0.1, 0.15) is 87.4 Å². The predicted molar refractivity (Wildman–Crippen MR) is 140 cm³/mol. The molecule has 5 fully saturated rings. The molecule has 0 saturated heterocycles. The van der Waals surface area contributed by atoms with Gasteiger partial charge in [0.2, 0.25) is 11.0 Å². The molecule has 2 aromatic rings. The molecule has 5 aliphatic carbocycles. The quantitative estimate of drug-likeness (QED) is 0.335. The maximum atomic E-state index is 12.7. The van der Waals surface area contributed by atoms with E-state index in [0.717, 1.165) is 40.2 Å². The Morgan fingerprint density at radius 1 is 1.06 bits per heavy atom. The summed E-state index contributed by atoms with van der Waals surface area (Å²) in [5, 5.41) is 23.1. The van der Waals surface area contributed by atoms with E-state index in [4.69, 9.17) is 0 Å². The number of nitrogens with zero attached hydrogens (tertiary/aromatic N) is 5. The summed E-state index contributed by atoms with van der Waals surface area (Å²) in [4.78, 5) is 12.7. The number of hydrogen-bond donors (Lipinski definition) is 1. The van der Waals surface area contributed by atoms with Crippen molar-refractivity contribution in [1.82, 2.24) is 25.0 Å². The summed E-state index contributed by atoms with van der Waals surface area (Å²) in [6.45, 7) is 4.64. The minimum Gasteiger partial charge on any atom is -0.302 e. The van der Waals surface area contributed by atoms with Crippen LogP contribution in [0.15, 0.2) is 17.8 Å². The third kappa shape index (κ3) is 5.08. The maximum Gasteiger partial charge on any atom is 0.236 e. The third-order valence-electron chi connectivity index (χ3n) is 8.78. The van der Waals surface area contributed by atoms with Crippen molar-refractivity contribution < 1.29 is 4.79 Å².